The molecule has 0 saturated carbocycles. The Morgan fingerprint density at radius 2 is 1.82 bits per heavy atom. The molecule has 0 spiro atoms. The smallest absolute Gasteiger partial charge is 0.243 e. The maximum atomic E-state index is 10.7. The standard InChI is InChI=1S/C7H13NO.C2H6/c1-4-8-7(9)5-6(2)3;1-2/h5H,4H2,1-3H3,(H,8,9);1-2H3. The molecule has 66 valence electrons. The highest BCUT2D eigenvalue weighted by molar-refractivity contribution is 5.87. The van der Waals surface area contributed by atoms with Gasteiger partial charge in [0, 0.05) is 12.6 Å². The SMILES string of the molecule is CC.CCNC(=O)C=C(C)C. The van der Waals surface area contributed by atoms with Gasteiger partial charge in [0.2, 0.25) is 5.91 Å². The van der Waals surface area contributed by atoms with Gasteiger partial charge < -0.3 is 5.32 Å². The highest BCUT2D eigenvalue weighted by Gasteiger charge is 1.89. The van der Waals surface area contributed by atoms with Gasteiger partial charge in [0.1, 0.15) is 0 Å². The lowest BCUT2D eigenvalue weighted by atomic mass is 10.3. The lowest BCUT2D eigenvalue weighted by Crippen LogP contribution is -2.20. The maximum absolute atomic E-state index is 10.7. The van der Waals surface area contributed by atoms with Gasteiger partial charge >= 0.3 is 0 Å². The average molecular weight is 157 g/mol. The Kier molecular flexibility index (Phi) is 10.8. The molecule has 2 heteroatoms. The predicted molar refractivity (Wildman–Crippen MR) is 49.5 cm³/mol. The molecule has 0 rings (SSSR count). The van der Waals surface area contributed by atoms with Gasteiger partial charge in [-0.05, 0) is 20.8 Å². The van der Waals surface area contributed by atoms with Crippen LogP contribution in [-0.4, -0.2) is 12.5 Å². The first kappa shape index (κ1) is 12.8. The molecule has 1 amide bonds. The van der Waals surface area contributed by atoms with Crippen molar-refractivity contribution in [2.45, 2.75) is 34.6 Å². The lowest BCUT2D eigenvalue weighted by Gasteiger charge is -1.94. The summed E-state index contributed by atoms with van der Waals surface area (Å²) in [6, 6.07) is 0. The van der Waals surface area contributed by atoms with Gasteiger partial charge in [-0.1, -0.05) is 19.4 Å². The third kappa shape index (κ3) is 12.4. The molecule has 0 aliphatic heterocycles. The van der Waals surface area contributed by atoms with Crippen LogP contribution in [-0.2, 0) is 4.79 Å². The molecule has 0 aromatic heterocycles. The zero-order valence-electron chi connectivity index (χ0n) is 8.19. The van der Waals surface area contributed by atoms with Gasteiger partial charge in [0.25, 0.3) is 0 Å². The number of likely N-dealkylation sites (N-methyl/N-ethyl adjacent to an activating group) is 1. The van der Waals surface area contributed by atoms with E-state index in [9.17, 15) is 4.79 Å². The fourth-order valence-corrected chi connectivity index (χ4v) is 0.487. The Hall–Kier alpha value is -0.790. The quantitative estimate of drug-likeness (QED) is 0.611. The van der Waals surface area contributed by atoms with Crippen molar-refractivity contribution in [2.24, 2.45) is 0 Å². The molecular formula is C9H19NO. The summed E-state index contributed by atoms with van der Waals surface area (Å²) in [5.74, 6) is -0.00231. The zero-order valence-corrected chi connectivity index (χ0v) is 8.19. The molecule has 11 heavy (non-hydrogen) atoms. The molecule has 0 saturated heterocycles. The third-order valence-corrected chi connectivity index (χ3v) is 0.771. The number of allylic oxidation sites excluding steroid dienone is 1. The van der Waals surface area contributed by atoms with Crippen LogP contribution in [0.25, 0.3) is 0 Å². The Balaban J connectivity index is 0. The monoisotopic (exact) mass is 157 g/mol. The topological polar surface area (TPSA) is 29.1 Å². The number of carbonyl (C=O) groups excluding carboxylic acids is 1. The minimum atomic E-state index is -0.00231. The molecule has 0 aliphatic carbocycles. The Bertz CT molecular complexity index is 124. The second kappa shape index (κ2) is 9.21. The number of amides is 1. The molecule has 0 atom stereocenters. The van der Waals surface area contributed by atoms with Crippen molar-refractivity contribution in [3.05, 3.63) is 11.6 Å². The second-order valence-corrected chi connectivity index (χ2v) is 2.12. The first-order valence-corrected chi connectivity index (χ1v) is 4.09. The van der Waals surface area contributed by atoms with E-state index in [1.807, 2.05) is 34.6 Å². The molecule has 2 nitrogen and oxygen atoms in total. The largest absolute Gasteiger partial charge is 0.353 e. The van der Waals surface area contributed by atoms with Crippen molar-refractivity contribution < 1.29 is 4.79 Å². The van der Waals surface area contributed by atoms with Crippen LogP contribution in [0.15, 0.2) is 11.6 Å². The summed E-state index contributed by atoms with van der Waals surface area (Å²) in [6.45, 7) is 10.4. The molecule has 0 aliphatic rings. The number of carbonyl (C=O) groups is 1. The highest BCUT2D eigenvalue weighted by atomic mass is 16.1. The summed E-state index contributed by atoms with van der Waals surface area (Å²) >= 11 is 0. The van der Waals surface area contributed by atoms with Gasteiger partial charge in [-0.15, -0.1) is 0 Å². The van der Waals surface area contributed by atoms with Crippen LogP contribution in [0.5, 0.6) is 0 Å². The lowest BCUT2D eigenvalue weighted by molar-refractivity contribution is -0.116. The summed E-state index contributed by atoms with van der Waals surface area (Å²) in [6.07, 6.45) is 1.59. The van der Waals surface area contributed by atoms with Crippen LogP contribution in [0.3, 0.4) is 0 Å². The number of hydrogen-bond donors (Lipinski definition) is 1. The van der Waals surface area contributed by atoms with Crippen LogP contribution in [0.1, 0.15) is 34.6 Å². The number of hydrogen-bond acceptors (Lipinski definition) is 1. The van der Waals surface area contributed by atoms with Crippen LogP contribution < -0.4 is 5.32 Å². The van der Waals surface area contributed by atoms with E-state index in [-0.39, 0.29) is 5.91 Å². The van der Waals surface area contributed by atoms with Crippen molar-refractivity contribution in [3.8, 4) is 0 Å². The molecule has 0 heterocycles. The van der Waals surface area contributed by atoms with E-state index in [1.165, 1.54) is 0 Å². The van der Waals surface area contributed by atoms with E-state index >= 15 is 0 Å². The summed E-state index contributed by atoms with van der Waals surface area (Å²) in [5, 5.41) is 2.66. The zero-order chi connectivity index (χ0) is 9.28. The summed E-state index contributed by atoms with van der Waals surface area (Å²) in [4.78, 5) is 10.7. The van der Waals surface area contributed by atoms with Crippen molar-refractivity contribution >= 4 is 5.91 Å². The minimum Gasteiger partial charge on any atom is -0.353 e. The van der Waals surface area contributed by atoms with Crippen LogP contribution in [0.2, 0.25) is 0 Å². The van der Waals surface area contributed by atoms with Crippen molar-refractivity contribution in [1.29, 1.82) is 0 Å². The molecule has 0 aromatic rings. The van der Waals surface area contributed by atoms with Gasteiger partial charge in [-0.3, -0.25) is 4.79 Å². The van der Waals surface area contributed by atoms with E-state index in [0.29, 0.717) is 6.54 Å². The maximum Gasteiger partial charge on any atom is 0.243 e. The van der Waals surface area contributed by atoms with Gasteiger partial charge in [0.15, 0.2) is 0 Å². The van der Waals surface area contributed by atoms with E-state index in [0.717, 1.165) is 5.57 Å². The third-order valence-electron chi connectivity index (χ3n) is 0.771. The van der Waals surface area contributed by atoms with Crippen molar-refractivity contribution in [3.63, 3.8) is 0 Å². The first-order valence-electron chi connectivity index (χ1n) is 4.09. The molecular weight excluding hydrogens is 138 g/mol. The number of rotatable bonds is 2. The molecule has 0 radical (unpaired) electrons. The minimum absolute atomic E-state index is 0.00231. The van der Waals surface area contributed by atoms with E-state index < -0.39 is 0 Å². The number of nitrogens with one attached hydrogen (secondary N) is 1. The summed E-state index contributed by atoms with van der Waals surface area (Å²) < 4.78 is 0. The molecule has 0 bridgehead atoms. The van der Waals surface area contributed by atoms with Crippen LogP contribution >= 0.6 is 0 Å². The fraction of sp³-hybridized carbons (Fsp3) is 0.667. The Labute approximate surface area is 69.7 Å². The molecule has 1 N–H and O–H groups in total. The Morgan fingerprint density at radius 3 is 2.09 bits per heavy atom. The van der Waals surface area contributed by atoms with Gasteiger partial charge in [0.05, 0.1) is 0 Å². The van der Waals surface area contributed by atoms with E-state index in [4.69, 9.17) is 0 Å². The average Bonchev–Trinajstić information content (AvgIpc) is 1.91. The van der Waals surface area contributed by atoms with E-state index in [1.54, 1.807) is 6.08 Å². The van der Waals surface area contributed by atoms with Crippen LogP contribution in [0.4, 0.5) is 0 Å². The predicted octanol–water partition coefficient (Wildman–Crippen LogP) is 2.11. The molecule has 0 fully saturated rings. The molecule has 0 unspecified atom stereocenters. The van der Waals surface area contributed by atoms with Crippen molar-refractivity contribution in [2.75, 3.05) is 6.54 Å². The second-order valence-electron chi connectivity index (χ2n) is 2.12. The van der Waals surface area contributed by atoms with Gasteiger partial charge in [-0.25, -0.2) is 0 Å². The van der Waals surface area contributed by atoms with Crippen LogP contribution in [0, 0.1) is 0 Å². The summed E-state index contributed by atoms with van der Waals surface area (Å²) in [7, 11) is 0. The highest BCUT2D eigenvalue weighted by Crippen LogP contribution is 1.85. The van der Waals surface area contributed by atoms with Crippen molar-refractivity contribution in [1.82, 2.24) is 5.32 Å². The van der Waals surface area contributed by atoms with Gasteiger partial charge in [-0.2, -0.15) is 0 Å². The first-order chi connectivity index (χ1) is 5.16. The normalized spacial score (nSPS) is 7.36. The summed E-state index contributed by atoms with van der Waals surface area (Å²) in [5.41, 5.74) is 1.03. The fourth-order valence-electron chi connectivity index (χ4n) is 0.487. The molecule has 0 aromatic carbocycles. The Morgan fingerprint density at radius 1 is 1.36 bits per heavy atom. The van der Waals surface area contributed by atoms with E-state index in [2.05, 4.69) is 5.32 Å².